The van der Waals surface area contributed by atoms with Crippen LogP contribution in [-0.4, -0.2) is 4.98 Å². The minimum absolute atomic E-state index is 0.365. The van der Waals surface area contributed by atoms with Crippen LogP contribution in [0.25, 0.3) is 10.9 Å². The van der Waals surface area contributed by atoms with E-state index in [-0.39, 0.29) is 5.82 Å². The standard InChI is InChI=1S/C17H15FN2O/c1-11(19)17-14(18)6-4-8-16(17)21-13-9-12-5-2-3-7-15(12)20-10-13/h2-11H,19H2,1H3/t11-/m0/s1. The van der Waals surface area contributed by atoms with Crippen molar-refractivity contribution < 1.29 is 9.13 Å². The van der Waals surface area contributed by atoms with Gasteiger partial charge < -0.3 is 10.5 Å². The van der Waals surface area contributed by atoms with Crippen LogP contribution in [-0.2, 0) is 0 Å². The Morgan fingerprint density at radius 2 is 1.95 bits per heavy atom. The lowest BCUT2D eigenvalue weighted by molar-refractivity contribution is 0.460. The second kappa shape index (κ2) is 5.50. The third-order valence-electron chi connectivity index (χ3n) is 3.26. The molecule has 2 aromatic carbocycles. The number of benzene rings is 2. The first kappa shape index (κ1) is 13.5. The zero-order valence-electron chi connectivity index (χ0n) is 11.6. The average molecular weight is 282 g/mol. The summed E-state index contributed by atoms with van der Waals surface area (Å²) in [4.78, 5) is 4.32. The molecule has 0 unspecified atom stereocenters. The number of fused-ring (bicyclic) bond motifs is 1. The van der Waals surface area contributed by atoms with Crippen molar-refractivity contribution in [1.82, 2.24) is 4.98 Å². The van der Waals surface area contributed by atoms with Crippen LogP contribution in [0.15, 0.2) is 54.7 Å². The van der Waals surface area contributed by atoms with Crippen LogP contribution in [0.3, 0.4) is 0 Å². The second-order valence-electron chi connectivity index (χ2n) is 4.91. The number of ether oxygens (including phenoxy) is 1. The van der Waals surface area contributed by atoms with E-state index in [2.05, 4.69) is 4.98 Å². The highest BCUT2D eigenvalue weighted by Gasteiger charge is 2.14. The summed E-state index contributed by atoms with van der Waals surface area (Å²) in [7, 11) is 0. The number of para-hydroxylation sites is 1. The van der Waals surface area contributed by atoms with Crippen LogP contribution < -0.4 is 10.5 Å². The van der Waals surface area contributed by atoms with E-state index in [4.69, 9.17) is 10.5 Å². The lowest BCUT2D eigenvalue weighted by Crippen LogP contribution is -2.09. The maximum atomic E-state index is 13.9. The molecule has 0 radical (unpaired) electrons. The number of aromatic nitrogens is 1. The van der Waals surface area contributed by atoms with Crippen LogP contribution in [0.2, 0.25) is 0 Å². The Bertz CT molecular complexity index is 787. The first-order valence-corrected chi connectivity index (χ1v) is 6.72. The first-order valence-electron chi connectivity index (χ1n) is 6.72. The minimum atomic E-state index is -0.449. The molecule has 2 N–H and O–H groups in total. The second-order valence-corrected chi connectivity index (χ2v) is 4.91. The molecular weight excluding hydrogens is 267 g/mol. The van der Waals surface area contributed by atoms with Crippen LogP contribution in [0, 0.1) is 5.82 Å². The van der Waals surface area contributed by atoms with E-state index in [0.717, 1.165) is 10.9 Å². The van der Waals surface area contributed by atoms with E-state index >= 15 is 0 Å². The number of hydrogen-bond acceptors (Lipinski definition) is 3. The largest absolute Gasteiger partial charge is 0.455 e. The summed E-state index contributed by atoms with van der Waals surface area (Å²) >= 11 is 0. The molecule has 106 valence electrons. The van der Waals surface area contributed by atoms with Gasteiger partial charge in [-0.3, -0.25) is 4.98 Å². The van der Waals surface area contributed by atoms with Gasteiger partial charge in [0.1, 0.15) is 17.3 Å². The van der Waals surface area contributed by atoms with Gasteiger partial charge in [0.2, 0.25) is 0 Å². The molecule has 0 fully saturated rings. The van der Waals surface area contributed by atoms with E-state index in [1.807, 2.05) is 30.3 Å². The molecule has 0 bridgehead atoms. The molecule has 1 heterocycles. The monoisotopic (exact) mass is 282 g/mol. The Balaban J connectivity index is 2.00. The molecule has 3 aromatic rings. The highest BCUT2D eigenvalue weighted by molar-refractivity contribution is 5.79. The SMILES string of the molecule is C[C@H](N)c1c(F)cccc1Oc1cnc2ccccc2c1. The summed E-state index contributed by atoms with van der Waals surface area (Å²) in [6.45, 7) is 1.73. The quantitative estimate of drug-likeness (QED) is 0.783. The Kier molecular flexibility index (Phi) is 3.54. The molecule has 4 heteroatoms. The van der Waals surface area contributed by atoms with E-state index in [1.165, 1.54) is 6.07 Å². The Labute approximate surface area is 122 Å². The van der Waals surface area contributed by atoms with Gasteiger partial charge in [0, 0.05) is 17.0 Å². The Morgan fingerprint density at radius 1 is 1.14 bits per heavy atom. The van der Waals surface area contributed by atoms with Crippen molar-refractivity contribution >= 4 is 10.9 Å². The molecule has 0 aliphatic rings. The van der Waals surface area contributed by atoms with Crippen molar-refractivity contribution in [2.45, 2.75) is 13.0 Å². The maximum absolute atomic E-state index is 13.9. The van der Waals surface area contributed by atoms with Crippen LogP contribution in [0.4, 0.5) is 4.39 Å². The fourth-order valence-electron chi connectivity index (χ4n) is 2.28. The summed E-state index contributed by atoms with van der Waals surface area (Å²) in [5, 5.41) is 0.966. The fourth-order valence-corrected chi connectivity index (χ4v) is 2.28. The van der Waals surface area contributed by atoms with Gasteiger partial charge in [-0.1, -0.05) is 24.3 Å². The molecule has 0 saturated carbocycles. The lowest BCUT2D eigenvalue weighted by atomic mass is 10.1. The normalized spacial score (nSPS) is 12.3. The number of hydrogen-bond donors (Lipinski definition) is 1. The zero-order valence-corrected chi connectivity index (χ0v) is 11.6. The fraction of sp³-hybridized carbons (Fsp3) is 0.118. The molecule has 0 aliphatic carbocycles. The highest BCUT2D eigenvalue weighted by Crippen LogP contribution is 2.31. The average Bonchev–Trinajstić information content (AvgIpc) is 2.47. The summed E-state index contributed by atoms with van der Waals surface area (Å²) < 4.78 is 19.7. The van der Waals surface area contributed by atoms with Crippen molar-refractivity contribution in [3.63, 3.8) is 0 Å². The van der Waals surface area contributed by atoms with Gasteiger partial charge in [0.15, 0.2) is 0 Å². The summed E-state index contributed by atoms with van der Waals surface area (Å²) in [5.74, 6) is 0.611. The summed E-state index contributed by atoms with van der Waals surface area (Å²) in [6, 6.07) is 13.8. The summed E-state index contributed by atoms with van der Waals surface area (Å²) in [5.41, 5.74) is 7.08. The molecule has 1 atom stereocenters. The third kappa shape index (κ3) is 2.71. The van der Waals surface area contributed by atoms with Gasteiger partial charge in [-0.25, -0.2) is 4.39 Å². The van der Waals surface area contributed by atoms with Crippen molar-refractivity contribution in [2.75, 3.05) is 0 Å². The number of nitrogens with zero attached hydrogens (tertiary/aromatic N) is 1. The minimum Gasteiger partial charge on any atom is -0.455 e. The van der Waals surface area contributed by atoms with E-state index < -0.39 is 6.04 Å². The van der Waals surface area contributed by atoms with Crippen LogP contribution >= 0.6 is 0 Å². The van der Waals surface area contributed by atoms with Crippen molar-refractivity contribution in [3.05, 3.63) is 66.1 Å². The van der Waals surface area contributed by atoms with E-state index in [1.54, 1.807) is 25.3 Å². The van der Waals surface area contributed by atoms with E-state index in [9.17, 15) is 4.39 Å². The molecular formula is C17H15FN2O. The number of halogens is 1. The molecule has 3 rings (SSSR count). The molecule has 0 spiro atoms. The van der Waals surface area contributed by atoms with Crippen molar-refractivity contribution in [2.24, 2.45) is 5.73 Å². The highest BCUT2D eigenvalue weighted by atomic mass is 19.1. The first-order chi connectivity index (χ1) is 10.1. The molecule has 21 heavy (non-hydrogen) atoms. The smallest absolute Gasteiger partial charge is 0.146 e. The predicted molar refractivity (Wildman–Crippen MR) is 80.8 cm³/mol. The van der Waals surface area contributed by atoms with Crippen molar-refractivity contribution in [1.29, 1.82) is 0 Å². The number of pyridine rings is 1. The lowest BCUT2D eigenvalue weighted by Gasteiger charge is -2.14. The summed E-state index contributed by atoms with van der Waals surface area (Å²) in [6.07, 6.45) is 1.62. The number of rotatable bonds is 3. The van der Waals surface area contributed by atoms with Gasteiger partial charge in [-0.15, -0.1) is 0 Å². The molecule has 0 aliphatic heterocycles. The number of nitrogens with two attached hydrogens (primary N) is 1. The maximum Gasteiger partial charge on any atom is 0.146 e. The third-order valence-corrected chi connectivity index (χ3v) is 3.26. The Hall–Kier alpha value is -2.46. The molecule has 0 saturated heterocycles. The van der Waals surface area contributed by atoms with Crippen LogP contribution in [0.5, 0.6) is 11.5 Å². The van der Waals surface area contributed by atoms with Gasteiger partial charge in [-0.05, 0) is 31.2 Å². The Morgan fingerprint density at radius 3 is 2.76 bits per heavy atom. The molecule has 0 amide bonds. The topological polar surface area (TPSA) is 48.1 Å². The van der Waals surface area contributed by atoms with E-state index in [0.29, 0.717) is 17.1 Å². The van der Waals surface area contributed by atoms with Gasteiger partial charge in [0.05, 0.1) is 11.7 Å². The zero-order chi connectivity index (χ0) is 14.8. The van der Waals surface area contributed by atoms with Gasteiger partial charge >= 0.3 is 0 Å². The van der Waals surface area contributed by atoms with Gasteiger partial charge in [-0.2, -0.15) is 0 Å². The van der Waals surface area contributed by atoms with Crippen molar-refractivity contribution in [3.8, 4) is 11.5 Å². The predicted octanol–water partition coefficient (Wildman–Crippen LogP) is 4.19. The van der Waals surface area contributed by atoms with Gasteiger partial charge in [0.25, 0.3) is 0 Å². The molecule has 1 aromatic heterocycles. The molecule has 3 nitrogen and oxygen atoms in total. The van der Waals surface area contributed by atoms with Crippen LogP contribution in [0.1, 0.15) is 18.5 Å².